The van der Waals surface area contributed by atoms with Crippen LogP contribution in [0.25, 0.3) is 11.1 Å². The summed E-state index contributed by atoms with van der Waals surface area (Å²) >= 11 is 1.71. The van der Waals surface area contributed by atoms with Gasteiger partial charge in [0.2, 0.25) is 0 Å². The third kappa shape index (κ3) is 4.12. The van der Waals surface area contributed by atoms with Crippen LogP contribution in [0.15, 0.2) is 41.1 Å². The summed E-state index contributed by atoms with van der Waals surface area (Å²) in [4.78, 5) is 13.9. The van der Waals surface area contributed by atoms with Crippen molar-refractivity contribution in [1.82, 2.24) is 10.2 Å². The number of amides is 2. The summed E-state index contributed by atoms with van der Waals surface area (Å²) in [5, 5.41) is 7.27. The number of rotatable bonds is 4. The van der Waals surface area contributed by atoms with Crippen LogP contribution in [0.5, 0.6) is 0 Å². The van der Waals surface area contributed by atoms with Crippen molar-refractivity contribution in [2.75, 3.05) is 32.8 Å². The molecule has 1 aliphatic rings. The van der Waals surface area contributed by atoms with Gasteiger partial charge in [-0.3, -0.25) is 0 Å². The number of hydrogen-bond donors (Lipinski definition) is 1. The van der Waals surface area contributed by atoms with E-state index in [0.717, 1.165) is 0 Å². The Morgan fingerprint density at radius 2 is 1.96 bits per heavy atom. The van der Waals surface area contributed by atoms with E-state index in [9.17, 15) is 4.79 Å². The summed E-state index contributed by atoms with van der Waals surface area (Å²) in [7, 11) is 0. The second-order valence-electron chi connectivity index (χ2n) is 5.82. The summed E-state index contributed by atoms with van der Waals surface area (Å²) < 4.78 is 5.27. The Morgan fingerprint density at radius 1 is 1.22 bits per heavy atom. The first-order valence-electron chi connectivity index (χ1n) is 7.97. The monoisotopic (exact) mass is 330 g/mol. The fourth-order valence-corrected chi connectivity index (χ4v) is 3.33. The molecular formula is C18H22N2O2S. The summed E-state index contributed by atoms with van der Waals surface area (Å²) in [6.45, 7) is 5.40. The lowest BCUT2D eigenvalue weighted by molar-refractivity contribution is 0.0532. The predicted octanol–water partition coefficient (Wildman–Crippen LogP) is 3.56. The average Bonchev–Trinajstić information content (AvgIpc) is 3.15. The van der Waals surface area contributed by atoms with Gasteiger partial charge in [0.25, 0.3) is 0 Å². The minimum Gasteiger partial charge on any atom is -0.378 e. The fraction of sp³-hybridized carbons (Fsp3) is 0.389. The Kier molecular flexibility index (Phi) is 5.31. The molecule has 0 bridgehead atoms. The zero-order valence-electron chi connectivity index (χ0n) is 13.3. The molecule has 1 unspecified atom stereocenters. The quantitative estimate of drug-likeness (QED) is 0.931. The SMILES string of the molecule is CC(CNC(=O)N1CCOCC1)c1ccc(-c2ccsc2)cc1. The second-order valence-corrected chi connectivity index (χ2v) is 6.60. The number of nitrogens with one attached hydrogen (secondary N) is 1. The molecule has 1 N–H and O–H groups in total. The molecule has 0 radical (unpaired) electrons. The number of nitrogens with zero attached hydrogens (tertiary/aromatic N) is 1. The minimum absolute atomic E-state index is 0.00930. The molecular weight excluding hydrogens is 308 g/mol. The Bertz CT molecular complexity index is 619. The van der Waals surface area contributed by atoms with Crippen LogP contribution in [0.3, 0.4) is 0 Å². The fourth-order valence-electron chi connectivity index (χ4n) is 2.67. The van der Waals surface area contributed by atoms with Crippen molar-refractivity contribution in [3.05, 3.63) is 46.7 Å². The van der Waals surface area contributed by atoms with Crippen LogP contribution in [0.2, 0.25) is 0 Å². The van der Waals surface area contributed by atoms with Crippen LogP contribution in [0.4, 0.5) is 4.79 Å². The third-order valence-corrected chi connectivity index (χ3v) is 4.88. The molecule has 0 saturated carbocycles. The van der Waals surface area contributed by atoms with Crippen LogP contribution >= 0.6 is 11.3 Å². The molecule has 2 aromatic rings. The molecule has 1 atom stereocenters. The molecule has 1 aliphatic heterocycles. The number of hydrogen-bond acceptors (Lipinski definition) is 3. The van der Waals surface area contributed by atoms with Gasteiger partial charge in [-0.15, -0.1) is 0 Å². The van der Waals surface area contributed by atoms with Crippen LogP contribution < -0.4 is 5.32 Å². The zero-order valence-corrected chi connectivity index (χ0v) is 14.1. The summed E-state index contributed by atoms with van der Waals surface area (Å²) in [5.41, 5.74) is 3.74. The second kappa shape index (κ2) is 7.62. The largest absolute Gasteiger partial charge is 0.378 e. The lowest BCUT2D eigenvalue weighted by atomic mass is 9.98. The first kappa shape index (κ1) is 16.0. The molecule has 0 aliphatic carbocycles. The average molecular weight is 330 g/mol. The van der Waals surface area contributed by atoms with Crippen molar-refractivity contribution in [2.24, 2.45) is 0 Å². The Morgan fingerprint density at radius 3 is 2.61 bits per heavy atom. The normalized spacial score (nSPS) is 16.1. The zero-order chi connectivity index (χ0) is 16.1. The number of benzene rings is 1. The highest BCUT2D eigenvalue weighted by atomic mass is 32.1. The molecule has 4 nitrogen and oxygen atoms in total. The van der Waals surface area contributed by atoms with Gasteiger partial charge in [0, 0.05) is 19.6 Å². The highest BCUT2D eigenvalue weighted by molar-refractivity contribution is 7.08. The maximum atomic E-state index is 12.1. The van der Waals surface area contributed by atoms with E-state index < -0.39 is 0 Å². The summed E-state index contributed by atoms with van der Waals surface area (Å²) in [5.74, 6) is 0.288. The van der Waals surface area contributed by atoms with Gasteiger partial charge < -0.3 is 15.0 Å². The number of thiophene rings is 1. The molecule has 1 fully saturated rings. The third-order valence-electron chi connectivity index (χ3n) is 4.19. The summed E-state index contributed by atoms with van der Waals surface area (Å²) in [6.07, 6.45) is 0. The van der Waals surface area contributed by atoms with Crippen molar-refractivity contribution < 1.29 is 9.53 Å². The van der Waals surface area contributed by atoms with E-state index in [-0.39, 0.29) is 11.9 Å². The van der Waals surface area contributed by atoms with Crippen molar-refractivity contribution in [3.63, 3.8) is 0 Å². The molecule has 0 spiro atoms. The van der Waals surface area contributed by atoms with E-state index in [1.165, 1.54) is 16.7 Å². The van der Waals surface area contributed by atoms with Crippen molar-refractivity contribution in [3.8, 4) is 11.1 Å². The Labute approximate surface area is 141 Å². The van der Waals surface area contributed by atoms with Gasteiger partial charge in [-0.05, 0) is 39.4 Å². The molecule has 5 heteroatoms. The van der Waals surface area contributed by atoms with Gasteiger partial charge in [-0.1, -0.05) is 31.2 Å². The van der Waals surface area contributed by atoms with E-state index in [0.29, 0.717) is 32.8 Å². The number of carbonyl (C=O) groups excluding carboxylic acids is 1. The molecule has 1 aromatic heterocycles. The van der Waals surface area contributed by atoms with Crippen molar-refractivity contribution >= 4 is 17.4 Å². The van der Waals surface area contributed by atoms with Crippen LogP contribution in [-0.4, -0.2) is 43.8 Å². The van der Waals surface area contributed by atoms with Gasteiger partial charge in [0.15, 0.2) is 0 Å². The van der Waals surface area contributed by atoms with Crippen molar-refractivity contribution in [2.45, 2.75) is 12.8 Å². The van der Waals surface area contributed by atoms with Crippen LogP contribution in [0.1, 0.15) is 18.4 Å². The Hall–Kier alpha value is -1.85. The highest BCUT2D eigenvalue weighted by Gasteiger charge is 2.17. The molecule has 23 heavy (non-hydrogen) atoms. The topological polar surface area (TPSA) is 41.6 Å². The van der Waals surface area contributed by atoms with Crippen LogP contribution in [0, 0.1) is 0 Å². The van der Waals surface area contributed by atoms with E-state index in [4.69, 9.17) is 4.74 Å². The van der Waals surface area contributed by atoms with E-state index in [1.807, 2.05) is 4.90 Å². The van der Waals surface area contributed by atoms with E-state index in [2.05, 4.69) is 53.3 Å². The summed E-state index contributed by atoms with van der Waals surface area (Å²) in [6, 6.07) is 10.7. The number of carbonyl (C=O) groups is 1. The molecule has 1 saturated heterocycles. The smallest absolute Gasteiger partial charge is 0.317 e. The molecule has 2 heterocycles. The van der Waals surface area contributed by atoms with E-state index >= 15 is 0 Å². The number of urea groups is 1. The first-order chi connectivity index (χ1) is 11.2. The maximum absolute atomic E-state index is 12.1. The lowest BCUT2D eigenvalue weighted by Crippen LogP contribution is -2.46. The van der Waals surface area contributed by atoms with Crippen molar-refractivity contribution in [1.29, 1.82) is 0 Å². The number of morpholine rings is 1. The van der Waals surface area contributed by atoms with Crippen LogP contribution in [-0.2, 0) is 4.74 Å². The maximum Gasteiger partial charge on any atom is 0.317 e. The predicted molar refractivity (Wildman–Crippen MR) is 94.0 cm³/mol. The van der Waals surface area contributed by atoms with Gasteiger partial charge in [0.1, 0.15) is 0 Å². The highest BCUT2D eigenvalue weighted by Crippen LogP contribution is 2.24. The first-order valence-corrected chi connectivity index (χ1v) is 8.91. The number of ether oxygens (including phenoxy) is 1. The van der Waals surface area contributed by atoms with E-state index in [1.54, 1.807) is 11.3 Å². The van der Waals surface area contributed by atoms with Gasteiger partial charge in [0.05, 0.1) is 13.2 Å². The standard InChI is InChI=1S/C18H22N2O2S/c1-14(12-19-18(21)20-7-9-22-10-8-20)15-2-4-16(5-3-15)17-6-11-23-13-17/h2-6,11,13-14H,7-10,12H2,1H3,(H,19,21). The molecule has 2 amide bonds. The van der Waals surface area contributed by atoms with Gasteiger partial charge >= 0.3 is 6.03 Å². The van der Waals surface area contributed by atoms with Gasteiger partial charge in [-0.2, -0.15) is 11.3 Å². The minimum atomic E-state index is 0.00930. The lowest BCUT2D eigenvalue weighted by Gasteiger charge is -2.27. The van der Waals surface area contributed by atoms with Gasteiger partial charge in [-0.25, -0.2) is 4.79 Å². The molecule has 3 rings (SSSR count). The Balaban J connectivity index is 1.53. The molecule has 122 valence electrons. The molecule has 1 aromatic carbocycles.